The fourth-order valence-electron chi connectivity index (χ4n) is 3.03. The summed E-state index contributed by atoms with van der Waals surface area (Å²) in [6, 6.07) is 19.1. The van der Waals surface area contributed by atoms with Gasteiger partial charge in [0, 0.05) is 17.6 Å². The maximum atomic E-state index is 13.1. The van der Waals surface area contributed by atoms with Crippen LogP contribution >= 0.6 is 0 Å². The number of hydrogen-bond donors (Lipinski definition) is 1. The number of rotatable bonds is 6. The van der Waals surface area contributed by atoms with Crippen molar-refractivity contribution < 1.29 is 9.59 Å². The Morgan fingerprint density at radius 2 is 1.60 bits per heavy atom. The van der Waals surface area contributed by atoms with Crippen LogP contribution in [0.25, 0.3) is 17.1 Å². The summed E-state index contributed by atoms with van der Waals surface area (Å²) in [5, 5.41) is 7.37. The van der Waals surface area contributed by atoms with Crippen molar-refractivity contribution in [2.75, 3.05) is 13.1 Å². The normalized spacial score (nSPS) is 11.2. The second kappa shape index (κ2) is 8.90. The summed E-state index contributed by atoms with van der Waals surface area (Å²) in [4.78, 5) is 31.4. The number of benzene rings is 2. The minimum Gasteiger partial charge on any atom is -0.350 e. The zero-order valence-electron chi connectivity index (χ0n) is 17.8. The maximum absolute atomic E-state index is 13.1. The monoisotopic (exact) mass is 405 g/mol. The van der Waals surface area contributed by atoms with Gasteiger partial charge in [0.1, 0.15) is 0 Å². The molecule has 1 N–H and O–H groups in total. The van der Waals surface area contributed by atoms with Gasteiger partial charge in [-0.2, -0.15) is 0 Å². The molecule has 156 valence electrons. The van der Waals surface area contributed by atoms with Gasteiger partial charge in [-0.15, -0.1) is 5.10 Å². The highest BCUT2D eigenvalue weighted by atomic mass is 16.2. The summed E-state index contributed by atoms with van der Waals surface area (Å²) in [6.07, 6.45) is 0. The molecule has 7 nitrogen and oxygen atoms in total. The first-order valence-electron chi connectivity index (χ1n) is 9.96. The molecule has 0 saturated carbocycles. The van der Waals surface area contributed by atoms with Crippen LogP contribution in [0, 0.1) is 0 Å². The molecular formula is C23H27N5O2. The molecule has 0 radical (unpaired) electrons. The van der Waals surface area contributed by atoms with Crippen LogP contribution in [0.3, 0.4) is 0 Å². The molecule has 1 aromatic heterocycles. The molecule has 30 heavy (non-hydrogen) atoms. The average molecular weight is 406 g/mol. The number of para-hydroxylation sites is 1. The molecule has 0 aliphatic heterocycles. The molecule has 0 atom stereocenters. The Morgan fingerprint density at radius 1 is 1.00 bits per heavy atom. The van der Waals surface area contributed by atoms with E-state index in [1.54, 1.807) is 4.68 Å². The molecule has 0 bridgehead atoms. The number of aromatic nitrogens is 3. The molecule has 0 aliphatic rings. The molecule has 0 unspecified atom stereocenters. The van der Waals surface area contributed by atoms with E-state index in [9.17, 15) is 9.59 Å². The highest BCUT2D eigenvalue weighted by molar-refractivity contribution is 5.94. The molecule has 0 spiro atoms. The van der Waals surface area contributed by atoms with E-state index < -0.39 is 0 Å². The van der Waals surface area contributed by atoms with E-state index in [0.29, 0.717) is 12.4 Å². The summed E-state index contributed by atoms with van der Waals surface area (Å²) in [5.74, 6) is 0.0281. The van der Waals surface area contributed by atoms with E-state index in [2.05, 4.69) is 15.4 Å². The Hall–Kier alpha value is -3.48. The van der Waals surface area contributed by atoms with Crippen LogP contribution in [0.5, 0.6) is 0 Å². The van der Waals surface area contributed by atoms with Gasteiger partial charge in [-0.1, -0.05) is 48.5 Å². The third-order valence-electron chi connectivity index (χ3n) is 4.35. The van der Waals surface area contributed by atoms with Gasteiger partial charge in [0.2, 0.25) is 11.7 Å². The van der Waals surface area contributed by atoms with E-state index in [1.807, 2.05) is 88.4 Å². The van der Waals surface area contributed by atoms with Crippen molar-refractivity contribution in [2.24, 2.45) is 0 Å². The van der Waals surface area contributed by atoms with Gasteiger partial charge in [0.05, 0.1) is 12.2 Å². The third-order valence-corrected chi connectivity index (χ3v) is 4.35. The smallest absolute Gasteiger partial charge is 0.294 e. The van der Waals surface area contributed by atoms with E-state index in [4.69, 9.17) is 0 Å². The van der Waals surface area contributed by atoms with E-state index in [1.165, 1.54) is 4.90 Å². The van der Waals surface area contributed by atoms with Crippen LogP contribution in [-0.2, 0) is 4.79 Å². The lowest BCUT2D eigenvalue weighted by atomic mass is 10.1. The molecule has 2 amide bonds. The summed E-state index contributed by atoms with van der Waals surface area (Å²) >= 11 is 0. The second-order valence-corrected chi connectivity index (χ2v) is 7.99. The van der Waals surface area contributed by atoms with Crippen molar-refractivity contribution in [1.29, 1.82) is 0 Å². The SMILES string of the molecule is CCN(CC(=O)NC(C)(C)C)C(=O)c1nc(-c2ccccc2)n(-c2ccccc2)n1. The first-order chi connectivity index (χ1) is 14.3. The predicted molar refractivity (Wildman–Crippen MR) is 116 cm³/mol. The molecule has 0 fully saturated rings. The summed E-state index contributed by atoms with van der Waals surface area (Å²) in [7, 11) is 0. The van der Waals surface area contributed by atoms with Crippen molar-refractivity contribution in [3.63, 3.8) is 0 Å². The van der Waals surface area contributed by atoms with Crippen molar-refractivity contribution in [2.45, 2.75) is 33.2 Å². The van der Waals surface area contributed by atoms with Gasteiger partial charge in [-0.3, -0.25) is 9.59 Å². The van der Waals surface area contributed by atoms with Crippen LogP contribution in [0.1, 0.15) is 38.3 Å². The first kappa shape index (κ1) is 21.2. The third kappa shape index (κ3) is 5.11. The molecule has 3 rings (SSSR count). The molecule has 3 aromatic rings. The number of carbonyl (C=O) groups excluding carboxylic acids is 2. The number of nitrogens with one attached hydrogen (secondary N) is 1. The first-order valence-corrected chi connectivity index (χ1v) is 9.96. The fourth-order valence-corrected chi connectivity index (χ4v) is 3.03. The summed E-state index contributed by atoms with van der Waals surface area (Å²) in [5.41, 5.74) is 1.28. The zero-order valence-corrected chi connectivity index (χ0v) is 17.8. The van der Waals surface area contributed by atoms with Gasteiger partial charge in [-0.05, 0) is 39.8 Å². The molecule has 1 heterocycles. The highest BCUT2D eigenvalue weighted by Gasteiger charge is 2.25. The fraction of sp³-hybridized carbons (Fsp3) is 0.304. The van der Waals surface area contributed by atoms with Crippen molar-refractivity contribution >= 4 is 11.8 Å². The Morgan fingerprint density at radius 3 is 2.17 bits per heavy atom. The summed E-state index contributed by atoms with van der Waals surface area (Å²) < 4.78 is 1.66. The van der Waals surface area contributed by atoms with Crippen molar-refractivity contribution in [3.05, 3.63) is 66.5 Å². The lowest BCUT2D eigenvalue weighted by Crippen LogP contribution is -2.47. The predicted octanol–water partition coefficient (Wildman–Crippen LogP) is 3.31. The molecule has 2 aromatic carbocycles. The van der Waals surface area contributed by atoms with E-state index in [-0.39, 0.29) is 29.7 Å². The van der Waals surface area contributed by atoms with Gasteiger partial charge in [0.15, 0.2) is 5.82 Å². The maximum Gasteiger partial charge on any atom is 0.294 e. The number of amides is 2. The van der Waals surface area contributed by atoms with E-state index >= 15 is 0 Å². The zero-order chi connectivity index (χ0) is 21.7. The number of likely N-dealkylation sites (N-methyl/N-ethyl adjacent to an activating group) is 1. The van der Waals surface area contributed by atoms with Crippen LogP contribution in [0.4, 0.5) is 0 Å². The van der Waals surface area contributed by atoms with Crippen LogP contribution in [-0.4, -0.2) is 50.1 Å². The quantitative estimate of drug-likeness (QED) is 0.682. The topological polar surface area (TPSA) is 80.1 Å². The van der Waals surface area contributed by atoms with Crippen molar-refractivity contribution in [1.82, 2.24) is 25.0 Å². The average Bonchev–Trinajstić information content (AvgIpc) is 3.17. The highest BCUT2D eigenvalue weighted by Crippen LogP contribution is 2.21. The van der Waals surface area contributed by atoms with Gasteiger partial charge >= 0.3 is 0 Å². The largest absolute Gasteiger partial charge is 0.350 e. The Bertz CT molecular complexity index is 950. The van der Waals surface area contributed by atoms with E-state index in [0.717, 1.165) is 11.3 Å². The minimum absolute atomic E-state index is 0.0485. The Balaban J connectivity index is 1.94. The molecule has 0 saturated heterocycles. The lowest BCUT2D eigenvalue weighted by Gasteiger charge is -2.24. The van der Waals surface area contributed by atoms with Crippen molar-refractivity contribution in [3.8, 4) is 17.1 Å². The van der Waals surface area contributed by atoms with Crippen LogP contribution in [0.2, 0.25) is 0 Å². The van der Waals surface area contributed by atoms with Gasteiger partial charge < -0.3 is 10.2 Å². The molecule has 7 heteroatoms. The second-order valence-electron chi connectivity index (χ2n) is 7.99. The minimum atomic E-state index is -0.381. The van der Waals surface area contributed by atoms with Gasteiger partial charge in [-0.25, -0.2) is 9.67 Å². The Labute approximate surface area is 176 Å². The summed E-state index contributed by atoms with van der Waals surface area (Å²) in [6.45, 7) is 7.85. The molecular weight excluding hydrogens is 378 g/mol. The Kier molecular flexibility index (Phi) is 6.30. The number of nitrogens with zero attached hydrogens (tertiary/aromatic N) is 4. The van der Waals surface area contributed by atoms with Gasteiger partial charge in [0.25, 0.3) is 5.91 Å². The molecule has 0 aliphatic carbocycles. The number of carbonyl (C=O) groups is 2. The number of hydrogen-bond acceptors (Lipinski definition) is 4. The lowest BCUT2D eigenvalue weighted by molar-refractivity contribution is -0.123. The van der Waals surface area contributed by atoms with Crippen LogP contribution in [0.15, 0.2) is 60.7 Å². The standard InChI is InChI=1S/C23H27N5O2/c1-5-27(16-19(29)25-23(2,3)4)22(30)20-24-21(17-12-8-6-9-13-17)28(26-20)18-14-10-7-11-15-18/h6-15H,5,16H2,1-4H3,(H,25,29). The van der Waals surface area contributed by atoms with Crippen LogP contribution < -0.4 is 5.32 Å².